The Bertz CT molecular complexity index is 851. The number of fused-ring (bicyclic) bond motifs is 1. The lowest BCUT2D eigenvalue weighted by Gasteiger charge is -2.39. The van der Waals surface area contributed by atoms with Gasteiger partial charge in [-0.05, 0) is 31.8 Å². The molecule has 0 amide bonds. The Morgan fingerprint density at radius 3 is 2.54 bits per heavy atom. The first-order valence-corrected chi connectivity index (χ1v) is 9.45. The number of aliphatic hydroxyl groups is 4. The molecule has 0 spiro atoms. The average molecular weight is 413 g/mol. The fourth-order valence-electron chi connectivity index (χ4n) is 3.12. The second-order valence-corrected chi connectivity index (χ2v) is 7.99. The van der Waals surface area contributed by atoms with Crippen LogP contribution in [-0.4, -0.2) is 87.8 Å². The summed E-state index contributed by atoms with van der Waals surface area (Å²) in [5.41, 5.74) is 0.915. The zero-order valence-electron chi connectivity index (χ0n) is 15.3. The molecular formula is C18H23NO8S. The minimum absolute atomic E-state index is 0.139. The van der Waals surface area contributed by atoms with Gasteiger partial charge in [-0.1, -0.05) is 6.07 Å². The summed E-state index contributed by atoms with van der Waals surface area (Å²) in [5, 5.41) is 49.2. The Kier molecular flexibility index (Phi) is 6.20. The Hall–Kier alpha value is -1.79. The number of thiophene rings is 1. The monoisotopic (exact) mass is 413 g/mol. The van der Waals surface area contributed by atoms with Crippen molar-refractivity contribution in [3.05, 3.63) is 28.6 Å². The number of hydrogen-bond donors (Lipinski definition) is 5. The van der Waals surface area contributed by atoms with E-state index in [4.69, 9.17) is 9.47 Å². The number of ether oxygens (including phenoxy) is 2. The van der Waals surface area contributed by atoms with E-state index in [2.05, 4.69) is 0 Å². The summed E-state index contributed by atoms with van der Waals surface area (Å²) in [5.74, 6) is -0.790. The smallest absolute Gasteiger partial charge is 0.345 e. The van der Waals surface area contributed by atoms with E-state index in [1.165, 1.54) is 6.07 Å². The SMILES string of the molecule is CN(C)Cc1ccc(O[C@@H]2O[C@H](CO)[C@H](O)[C@H](O)[C@H]2O)c2cc(C(=O)O)sc12. The summed E-state index contributed by atoms with van der Waals surface area (Å²) in [7, 11) is 3.80. The van der Waals surface area contributed by atoms with Crippen molar-refractivity contribution in [1.29, 1.82) is 0 Å². The third kappa shape index (κ3) is 3.98. The third-order valence-corrected chi connectivity index (χ3v) is 5.71. The van der Waals surface area contributed by atoms with Gasteiger partial charge in [0.1, 0.15) is 35.0 Å². The minimum atomic E-state index is -1.56. The maximum Gasteiger partial charge on any atom is 0.345 e. The molecule has 0 unspecified atom stereocenters. The minimum Gasteiger partial charge on any atom is -0.477 e. The van der Waals surface area contributed by atoms with Crippen LogP contribution in [0, 0.1) is 0 Å². The molecule has 1 aliphatic heterocycles. The average Bonchev–Trinajstić information content (AvgIpc) is 3.10. The zero-order chi connectivity index (χ0) is 20.6. The number of nitrogens with zero attached hydrogens (tertiary/aromatic N) is 1. The van der Waals surface area contributed by atoms with E-state index in [-0.39, 0.29) is 10.6 Å². The number of rotatable bonds is 6. The van der Waals surface area contributed by atoms with Crippen molar-refractivity contribution >= 4 is 27.4 Å². The van der Waals surface area contributed by atoms with Gasteiger partial charge in [-0.2, -0.15) is 0 Å². The lowest BCUT2D eigenvalue weighted by Crippen LogP contribution is -2.60. The first-order valence-electron chi connectivity index (χ1n) is 8.63. The number of aromatic carboxylic acids is 1. The molecule has 1 aromatic carbocycles. The van der Waals surface area contributed by atoms with Crippen LogP contribution >= 0.6 is 11.3 Å². The van der Waals surface area contributed by atoms with Crippen LogP contribution in [-0.2, 0) is 11.3 Å². The molecule has 3 rings (SSSR count). The molecule has 0 saturated carbocycles. The lowest BCUT2D eigenvalue weighted by molar-refractivity contribution is -0.277. The predicted octanol–water partition coefficient (Wildman–Crippen LogP) is -0.160. The molecule has 0 radical (unpaired) electrons. The number of benzene rings is 1. The molecule has 1 fully saturated rings. The van der Waals surface area contributed by atoms with Gasteiger partial charge in [0.05, 0.1) is 6.61 Å². The number of aliphatic hydroxyl groups excluding tert-OH is 4. The summed E-state index contributed by atoms with van der Waals surface area (Å²) in [6.07, 6.45) is -7.03. The van der Waals surface area contributed by atoms with Crippen LogP contribution < -0.4 is 4.74 Å². The molecule has 0 bridgehead atoms. The summed E-state index contributed by atoms with van der Waals surface area (Å²) >= 11 is 1.12. The molecule has 28 heavy (non-hydrogen) atoms. The van der Waals surface area contributed by atoms with Gasteiger partial charge in [0.2, 0.25) is 6.29 Å². The first-order chi connectivity index (χ1) is 13.2. The molecule has 2 aromatic rings. The van der Waals surface area contributed by atoms with Gasteiger partial charge in [0, 0.05) is 16.6 Å². The highest BCUT2D eigenvalue weighted by Crippen LogP contribution is 2.37. The molecule has 1 aliphatic rings. The van der Waals surface area contributed by atoms with E-state index in [9.17, 15) is 30.3 Å². The molecule has 2 heterocycles. The Morgan fingerprint density at radius 2 is 1.93 bits per heavy atom. The van der Waals surface area contributed by atoms with Gasteiger partial charge >= 0.3 is 5.97 Å². The highest BCUT2D eigenvalue weighted by Gasteiger charge is 2.44. The molecule has 10 heteroatoms. The molecule has 5 atom stereocenters. The van der Waals surface area contributed by atoms with Crippen LogP contribution in [0.4, 0.5) is 0 Å². The predicted molar refractivity (Wildman–Crippen MR) is 101 cm³/mol. The zero-order valence-corrected chi connectivity index (χ0v) is 16.2. The molecule has 1 aromatic heterocycles. The van der Waals surface area contributed by atoms with Crippen LogP contribution in [0.3, 0.4) is 0 Å². The van der Waals surface area contributed by atoms with E-state index in [0.717, 1.165) is 21.6 Å². The first kappa shape index (κ1) is 20.9. The standard InChI is InChI=1S/C18H23NO8S/c1-19(2)6-8-3-4-10(9-5-12(17(24)25)28-16(8)9)26-18-15(23)14(22)13(21)11(7-20)27-18/h3-5,11,13-15,18,20-23H,6-7H2,1-2H3,(H,24,25)/t11-,13+,14+,15-,18-/m1/s1. The normalized spacial score (nSPS) is 28.0. The Labute approximate surface area is 165 Å². The summed E-state index contributed by atoms with van der Waals surface area (Å²) in [6.45, 7) is 0.0278. The van der Waals surface area contributed by atoms with Gasteiger partial charge in [-0.25, -0.2) is 4.79 Å². The summed E-state index contributed by atoms with van der Waals surface area (Å²) in [4.78, 5) is 13.5. The number of hydrogen-bond acceptors (Lipinski definition) is 9. The Morgan fingerprint density at radius 1 is 1.21 bits per heavy atom. The van der Waals surface area contributed by atoms with Crippen LogP contribution in [0.5, 0.6) is 5.75 Å². The quantitative estimate of drug-likeness (QED) is 0.437. The topological polar surface area (TPSA) is 140 Å². The second-order valence-electron chi connectivity index (χ2n) is 6.93. The highest BCUT2D eigenvalue weighted by atomic mass is 32.1. The Balaban J connectivity index is 1.97. The maximum atomic E-state index is 11.4. The van der Waals surface area contributed by atoms with Crippen molar-refractivity contribution in [3.8, 4) is 5.75 Å². The van der Waals surface area contributed by atoms with Crippen LogP contribution in [0.25, 0.3) is 10.1 Å². The van der Waals surface area contributed by atoms with Crippen LogP contribution in [0.15, 0.2) is 18.2 Å². The fourth-order valence-corrected chi connectivity index (χ4v) is 4.13. The van der Waals surface area contributed by atoms with Gasteiger partial charge in [0.15, 0.2) is 0 Å². The summed E-state index contributed by atoms with van der Waals surface area (Å²) < 4.78 is 11.8. The highest BCUT2D eigenvalue weighted by molar-refractivity contribution is 7.21. The van der Waals surface area contributed by atoms with Crippen molar-refractivity contribution in [2.24, 2.45) is 0 Å². The van der Waals surface area contributed by atoms with Crippen molar-refractivity contribution in [1.82, 2.24) is 4.90 Å². The van der Waals surface area contributed by atoms with Gasteiger partial charge in [-0.15, -0.1) is 11.3 Å². The van der Waals surface area contributed by atoms with Crippen molar-refractivity contribution < 1.29 is 39.8 Å². The number of carboxylic acid groups (broad SMARTS) is 1. The number of carboxylic acids is 1. The van der Waals surface area contributed by atoms with Crippen molar-refractivity contribution in [2.45, 2.75) is 37.3 Å². The summed E-state index contributed by atoms with van der Waals surface area (Å²) in [6, 6.07) is 4.92. The van der Waals surface area contributed by atoms with E-state index in [1.807, 2.05) is 19.0 Å². The van der Waals surface area contributed by atoms with Crippen LogP contribution in [0.2, 0.25) is 0 Å². The van der Waals surface area contributed by atoms with E-state index < -0.39 is 43.3 Å². The van der Waals surface area contributed by atoms with Crippen molar-refractivity contribution in [3.63, 3.8) is 0 Å². The molecule has 5 N–H and O–H groups in total. The molecule has 0 aliphatic carbocycles. The van der Waals surface area contributed by atoms with E-state index in [1.54, 1.807) is 12.1 Å². The largest absolute Gasteiger partial charge is 0.477 e. The van der Waals surface area contributed by atoms with Crippen molar-refractivity contribution in [2.75, 3.05) is 20.7 Å². The fraction of sp³-hybridized carbons (Fsp3) is 0.500. The lowest BCUT2D eigenvalue weighted by atomic mass is 9.99. The molecule has 9 nitrogen and oxygen atoms in total. The van der Waals surface area contributed by atoms with E-state index in [0.29, 0.717) is 11.9 Å². The van der Waals surface area contributed by atoms with Gasteiger partial charge < -0.3 is 39.9 Å². The number of carbonyl (C=O) groups is 1. The maximum absolute atomic E-state index is 11.4. The molecule has 1 saturated heterocycles. The van der Waals surface area contributed by atoms with Gasteiger partial charge in [-0.3, -0.25) is 0 Å². The third-order valence-electron chi connectivity index (χ3n) is 4.51. The molecular weight excluding hydrogens is 390 g/mol. The van der Waals surface area contributed by atoms with E-state index >= 15 is 0 Å². The molecule has 154 valence electrons. The second kappa shape index (κ2) is 8.29. The van der Waals surface area contributed by atoms with Crippen LogP contribution in [0.1, 0.15) is 15.2 Å². The van der Waals surface area contributed by atoms with Gasteiger partial charge in [0.25, 0.3) is 0 Å².